The minimum absolute atomic E-state index is 0.160. The molecule has 0 amide bonds. The number of nitrogens with zero attached hydrogens (tertiary/aromatic N) is 2. The Morgan fingerprint density at radius 2 is 2.08 bits per heavy atom. The molecule has 0 aromatic carbocycles. The van der Waals surface area contributed by atoms with Crippen LogP contribution in [0.5, 0.6) is 0 Å². The molecule has 1 aliphatic heterocycles. The molecular weight excluding hydrogens is 316 g/mol. The first-order chi connectivity index (χ1) is 12.2. The highest BCUT2D eigenvalue weighted by atomic mass is 16.5. The topological polar surface area (TPSA) is 47.7 Å². The Morgan fingerprint density at radius 1 is 1.24 bits per heavy atom. The minimum atomic E-state index is 0.160. The van der Waals surface area contributed by atoms with E-state index in [1.165, 1.54) is 5.56 Å². The van der Waals surface area contributed by atoms with E-state index in [0.29, 0.717) is 12.6 Å². The molecule has 3 heterocycles. The highest BCUT2D eigenvalue weighted by Crippen LogP contribution is 2.33. The first-order valence-electron chi connectivity index (χ1n) is 9.13. The Morgan fingerprint density at radius 3 is 2.84 bits per heavy atom. The lowest BCUT2D eigenvalue weighted by molar-refractivity contribution is -0.119. The third-order valence-electron chi connectivity index (χ3n) is 5.44. The fourth-order valence-corrected chi connectivity index (χ4v) is 3.98. The second-order valence-electron chi connectivity index (χ2n) is 7.11. The van der Waals surface area contributed by atoms with Crippen molar-refractivity contribution in [3.8, 4) is 0 Å². The smallest absolute Gasteiger partial charge is 0.118 e. The van der Waals surface area contributed by atoms with Crippen molar-refractivity contribution in [2.75, 3.05) is 13.2 Å². The van der Waals surface area contributed by atoms with E-state index in [4.69, 9.17) is 13.9 Å². The van der Waals surface area contributed by atoms with Crippen molar-refractivity contribution in [1.82, 2.24) is 9.88 Å². The fourth-order valence-electron chi connectivity index (χ4n) is 3.98. The molecule has 3 atom stereocenters. The molecule has 0 spiro atoms. The zero-order chi connectivity index (χ0) is 17.2. The second-order valence-corrected chi connectivity index (χ2v) is 7.11. The van der Waals surface area contributed by atoms with Crippen molar-refractivity contribution in [2.24, 2.45) is 0 Å². The number of aryl methyl sites for hydroxylation is 2. The number of hydrogen-bond acceptors (Lipinski definition) is 5. The van der Waals surface area contributed by atoms with E-state index in [9.17, 15) is 0 Å². The number of furan rings is 1. The van der Waals surface area contributed by atoms with Crippen LogP contribution in [0.25, 0.3) is 0 Å². The molecule has 2 aromatic heterocycles. The van der Waals surface area contributed by atoms with E-state index in [1.807, 2.05) is 31.5 Å². The summed E-state index contributed by atoms with van der Waals surface area (Å²) >= 11 is 0. The molecule has 2 fully saturated rings. The van der Waals surface area contributed by atoms with Crippen LogP contribution in [0.2, 0.25) is 0 Å². The van der Waals surface area contributed by atoms with Crippen molar-refractivity contribution in [1.29, 1.82) is 0 Å². The Labute approximate surface area is 148 Å². The van der Waals surface area contributed by atoms with Crippen molar-refractivity contribution in [3.63, 3.8) is 0 Å². The molecular formula is C20H26N2O3. The molecule has 134 valence electrons. The van der Waals surface area contributed by atoms with Crippen LogP contribution >= 0.6 is 0 Å². The van der Waals surface area contributed by atoms with Gasteiger partial charge in [0.15, 0.2) is 0 Å². The van der Waals surface area contributed by atoms with Crippen LogP contribution in [-0.2, 0) is 22.6 Å². The van der Waals surface area contributed by atoms with E-state index in [0.717, 1.165) is 49.6 Å². The van der Waals surface area contributed by atoms with Gasteiger partial charge >= 0.3 is 0 Å². The normalized spacial score (nSPS) is 26.7. The summed E-state index contributed by atoms with van der Waals surface area (Å²) in [6, 6.07) is 6.58. The Bertz CT molecular complexity index is 681. The molecule has 0 radical (unpaired) electrons. The third kappa shape index (κ3) is 3.64. The van der Waals surface area contributed by atoms with Gasteiger partial charge in [0.2, 0.25) is 0 Å². The molecule has 2 aromatic rings. The van der Waals surface area contributed by atoms with Crippen molar-refractivity contribution < 1.29 is 13.9 Å². The van der Waals surface area contributed by atoms with Crippen molar-refractivity contribution >= 4 is 0 Å². The standard InChI is InChI=1S/C20H26N2O3/c1-14-11-17(25-15(14)2)12-22-9-10-23-20-18(22)3-4-19(20)24-13-16-5-7-21-8-6-16/h5-8,11,18-20H,3-4,9-10,12-13H2,1-2H3/t18-,19+,20+/m1/s1. The summed E-state index contributed by atoms with van der Waals surface area (Å²) in [5, 5.41) is 0. The number of aromatic nitrogens is 1. The lowest BCUT2D eigenvalue weighted by Crippen LogP contribution is -2.51. The molecule has 0 unspecified atom stereocenters. The molecule has 5 heteroatoms. The Kier molecular flexibility index (Phi) is 4.88. The molecule has 1 saturated carbocycles. The molecule has 25 heavy (non-hydrogen) atoms. The summed E-state index contributed by atoms with van der Waals surface area (Å²) in [6.07, 6.45) is 6.11. The number of rotatable bonds is 5. The van der Waals surface area contributed by atoms with E-state index < -0.39 is 0 Å². The number of fused-ring (bicyclic) bond motifs is 1. The maximum Gasteiger partial charge on any atom is 0.118 e. The molecule has 0 N–H and O–H groups in total. The van der Waals surface area contributed by atoms with E-state index in [1.54, 1.807) is 0 Å². The predicted octanol–water partition coefficient (Wildman–Crippen LogP) is 3.24. The minimum Gasteiger partial charge on any atom is -0.465 e. The van der Waals surface area contributed by atoms with Crippen molar-refractivity contribution in [3.05, 3.63) is 53.2 Å². The summed E-state index contributed by atoms with van der Waals surface area (Å²) < 4.78 is 18.1. The third-order valence-corrected chi connectivity index (χ3v) is 5.44. The predicted molar refractivity (Wildman–Crippen MR) is 94.2 cm³/mol. The van der Waals surface area contributed by atoms with Crippen LogP contribution in [0.15, 0.2) is 35.0 Å². The average molecular weight is 342 g/mol. The molecule has 5 nitrogen and oxygen atoms in total. The first-order valence-corrected chi connectivity index (χ1v) is 9.13. The van der Waals surface area contributed by atoms with Gasteiger partial charge in [0.1, 0.15) is 11.5 Å². The largest absolute Gasteiger partial charge is 0.465 e. The van der Waals surface area contributed by atoms with Crippen LogP contribution in [0.1, 0.15) is 35.5 Å². The maximum absolute atomic E-state index is 6.18. The lowest BCUT2D eigenvalue weighted by Gasteiger charge is -2.38. The Hall–Kier alpha value is -1.69. The van der Waals surface area contributed by atoms with Crippen LogP contribution < -0.4 is 0 Å². The average Bonchev–Trinajstić information content (AvgIpc) is 3.18. The lowest BCUT2D eigenvalue weighted by atomic mass is 10.1. The summed E-state index contributed by atoms with van der Waals surface area (Å²) in [5.41, 5.74) is 2.39. The van der Waals surface area contributed by atoms with E-state index >= 15 is 0 Å². The number of hydrogen-bond donors (Lipinski definition) is 0. The number of pyridine rings is 1. The van der Waals surface area contributed by atoms with Gasteiger partial charge in [-0.1, -0.05) is 0 Å². The van der Waals surface area contributed by atoms with Gasteiger partial charge in [0, 0.05) is 25.0 Å². The van der Waals surface area contributed by atoms with Gasteiger partial charge in [0.05, 0.1) is 32.0 Å². The summed E-state index contributed by atoms with van der Waals surface area (Å²) in [4.78, 5) is 6.55. The molecule has 0 bridgehead atoms. The SMILES string of the molecule is Cc1cc(CN2CCO[C@@H]3[C@@H](OCc4ccncc4)CC[C@H]32)oc1C. The summed E-state index contributed by atoms with van der Waals surface area (Å²) in [6.45, 7) is 7.32. The fraction of sp³-hybridized carbons (Fsp3) is 0.550. The summed E-state index contributed by atoms with van der Waals surface area (Å²) in [5.74, 6) is 2.07. The van der Waals surface area contributed by atoms with Crippen LogP contribution in [0, 0.1) is 13.8 Å². The molecule has 2 aliphatic rings. The number of morpholine rings is 1. The number of ether oxygens (including phenoxy) is 2. The Balaban J connectivity index is 1.38. The zero-order valence-electron chi connectivity index (χ0n) is 15.0. The zero-order valence-corrected chi connectivity index (χ0v) is 15.0. The quantitative estimate of drug-likeness (QED) is 0.835. The van der Waals surface area contributed by atoms with Gasteiger partial charge in [-0.2, -0.15) is 0 Å². The van der Waals surface area contributed by atoms with Gasteiger partial charge in [-0.3, -0.25) is 9.88 Å². The van der Waals surface area contributed by atoms with E-state index in [-0.39, 0.29) is 12.2 Å². The van der Waals surface area contributed by atoms with Crippen molar-refractivity contribution in [2.45, 2.75) is 58.1 Å². The van der Waals surface area contributed by atoms with Crippen LogP contribution in [0.3, 0.4) is 0 Å². The monoisotopic (exact) mass is 342 g/mol. The van der Waals surface area contributed by atoms with Gasteiger partial charge in [-0.15, -0.1) is 0 Å². The highest BCUT2D eigenvalue weighted by molar-refractivity contribution is 5.19. The molecule has 4 rings (SSSR count). The van der Waals surface area contributed by atoms with Gasteiger partial charge < -0.3 is 13.9 Å². The van der Waals surface area contributed by atoms with Gasteiger partial charge in [-0.25, -0.2) is 0 Å². The molecule has 1 saturated heterocycles. The maximum atomic E-state index is 6.18. The van der Waals surface area contributed by atoms with Gasteiger partial charge in [0.25, 0.3) is 0 Å². The van der Waals surface area contributed by atoms with Gasteiger partial charge in [-0.05, 0) is 56.0 Å². The van der Waals surface area contributed by atoms with Crippen LogP contribution in [-0.4, -0.2) is 41.3 Å². The first kappa shape index (κ1) is 16.8. The summed E-state index contributed by atoms with van der Waals surface area (Å²) in [7, 11) is 0. The second kappa shape index (κ2) is 7.28. The van der Waals surface area contributed by atoms with Crippen LogP contribution in [0.4, 0.5) is 0 Å². The molecule has 1 aliphatic carbocycles. The van der Waals surface area contributed by atoms with E-state index in [2.05, 4.69) is 22.9 Å². The highest BCUT2D eigenvalue weighted by Gasteiger charge is 2.43.